The van der Waals surface area contributed by atoms with Crippen molar-refractivity contribution in [2.75, 3.05) is 27.4 Å². The summed E-state index contributed by atoms with van der Waals surface area (Å²) in [5, 5.41) is 15.4. The summed E-state index contributed by atoms with van der Waals surface area (Å²) in [6.45, 7) is 0.623. The summed E-state index contributed by atoms with van der Waals surface area (Å²) >= 11 is 1.34. The lowest BCUT2D eigenvalue weighted by molar-refractivity contribution is 0.0937. The molecule has 4 rings (SSSR count). The molecule has 11 nitrogen and oxygen atoms in total. The van der Waals surface area contributed by atoms with Gasteiger partial charge >= 0.3 is 0 Å². The summed E-state index contributed by atoms with van der Waals surface area (Å²) in [6, 6.07) is 17.4. The number of thiazole rings is 1. The number of hydrogen-bond donors (Lipinski definition) is 4. The Labute approximate surface area is 235 Å². The molecule has 0 saturated carbocycles. The number of amides is 1. The van der Waals surface area contributed by atoms with Crippen LogP contribution in [0.3, 0.4) is 0 Å². The monoisotopic (exact) mass is 583 g/mol. The maximum Gasteiger partial charge on any atom is 0.251 e. The molecule has 5 N–H and O–H groups in total. The van der Waals surface area contributed by atoms with Crippen molar-refractivity contribution in [2.24, 2.45) is 10.9 Å². The zero-order chi connectivity index (χ0) is 28.7. The van der Waals surface area contributed by atoms with Gasteiger partial charge in [0.25, 0.3) is 5.91 Å². The highest BCUT2D eigenvalue weighted by atomic mass is 32.2. The van der Waals surface area contributed by atoms with E-state index in [4.69, 9.17) is 25.4 Å². The van der Waals surface area contributed by atoms with Crippen LogP contribution in [0.15, 0.2) is 76.8 Å². The zero-order valence-corrected chi connectivity index (χ0v) is 23.5. The van der Waals surface area contributed by atoms with E-state index in [1.165, 1.54) is 42.7 Å². The van der Waals surface area contributed by atoms with E-state index in [1.54, 1.807) is 31.4 Å². The molecule has 3 aromatic carbocycles. The van der Waals surface area contributed by atoms with Gasteiger partial charge in [-0.3, -0.25) is 4.79 Å². The molecule has 0 radical (unpaired) electrons. The second kappa shape index (κ2) is 12.9. The first-order valence-electron chi connectivity index (χ1n) is 12.1. The van der Waals surface area contributed by atoms with Gasteiger partial charge < -0.3 is 25.7 Å². The number of aromatic nitrogens is 1. The molecule has 40 heavy (non-hydrogen) atoms. The number of ether oxygens (including phenoxy) is 2. The molecule has 1 amide bonds. The molecule has 0 fully saturated rings. The molecule has 1 atom stereocenters. The van der Waals surface area contributed by atoms with Crippen LogP contribution in [-0.4, -0.2) is 57.7 Å². The van der Waals surface area contributed by atoms with Crippen molar-refractivity contribution >= 4 is 43.3 Å². The Morgan fingerprint density at radius 2 is 1.88 bits per heavy atom. The van der Waals surface area contributed by atoms with Crippen molar-refractivity contribution in [1.29, 1.82) is 0 Å². The van der Waals surface area contributed by atoms with Crippen LogP contribution < -0.4 is 20.5 Å². The molecule has 1 heterocycles. The Balaban J connectivity index is 1.69. The van der Waals surface area contributed by atoms with Crippen molar-refractivity contribution < 1.29 is 27.9 Å². The van der Waals surface area contributed by atoms with E-state index in [-0.39, 0.29) is 22.7 Å². The number of amidine groups is 1. The van der Waals surface area contributed by atoms with E-state index < -0.39 is 22.0 Å². The van der Waals surface area contributed by atoms with Gasteiger partial charge in [-0.2, -0.15) is 0 Å². The smallest absolute Gasteiger partial charge is 0.251 e. The predicted octanol–water partition coefficient (Wildman–Crippen LogP) is 3.04. The molecule has 1 aromatic heterocycles. The van der Waals surface area contributed by atoms with Gasteiger partial charge in [0.2, 0.25) is 10.0 Å². The van der Waals surface area contributed by atoms with E-state index in [0.717, 1.165) is 10.3 Å². The fourth-order valence-electron chi connectivity index (χ4n) is 3.96. The van der Waals surface area contributed by atoms with E-state index >= 15 is 0 Å². The number of carbonyl (C=O) groups is 1. The molecule has 0 aliphatic heterocycles. The number of nitrogens with one attached hydrogen (secondary N) is 2. The molecule has 13 heteroatoms. The van der Waals surface area contributed by atoms with E-state index in [2.05, 4.69) is 15.2 Å². The highest BCUT2D eigenvalue weighted by Crippen LogP contribution is 2.32. The maximum absolute atomic E-state index is 13.6. The molecular formula is C27H29N5O6S2. The molecule has 4 aromatic rings. The van der Waals surface area contributed by atoms with Crippen molar-refractivity contribution in [3.8, 4) is 5.75 Å². The largest absolute Gasteiger partial charge is 0.497 e. The van der Waals surface area contributed by atoms with Crippen molar-refractivity contribution in [1.82, 2.24) is 15.0 Å². The quantitative estimate of drug-likeness (QED) is 0.0650. The molecular weight excluding hydrogens is 554 g/mol. The van der Waals surface area contributed by atoms with Crippen LogP contribution in [0.25, 0.3) is 10.2 Å². The molecule has 210 valence electrons. The minimum atomic E-state index is -4.09. The Hall–Kier alpha value is -4.04. The number of fused-ring (bicyclic) bond motifs is 1. The van der Waals surface area contributed by atoms with Gasteiger partial charge in [0.1, 0.15) is 10.8 Å². The highest BCUT2D eigenvalue weighted by Gasteiger charge is 2.26. The van der Waals surface area contributed by atoms with Crippen molar-refractivity contribution in [3.05, 3.63) is 88.4 Å². The van der Waals surface area contributed by atoms with Crippen molar-refractivity contribution in [3.63, 3.8) is 0 Å². The summed E-state index contributed by atoms with van der Waals surface area (Å²) < 4.78 is 41.1. The first kappa shape index (κ1) is 29.0. The number of benzene rings is 3. The number of oxime groups is 1. The molecule has 0 aliphatic carbocycles. The fourth-order valence-corrected chi connectivity index (χ4v) is 6.32. The van der Waals surface area contributed by atoms with E-state index in [0.29, 0.717) is 35.0 Å². The summed E-state index contributed by atoms with van der Waals surface area (Å²) in [5.41, 5.74) is 7.89. The molecule has 0 saturated heterocycles. The lowest BCUT2D eigenvalue weighted by atomic mass is 10.0. The van der Waals surface area contributed by atoms with Crippen LogP contribution in [0, 0.1) is 0 Å². The zero-order valence-electron chi connectivity index (χ0n) is 21.8. The SMILES string of the molecule is COCCNC(=O)c1cccc(S(=O)(=O)NC(Cc2cccc(C(N)=NO)c2)c2nc3ccc(OC)cc3s2)c1. The Bertz CT molecular complexity index is 1640. The molecule has 0 aliphatic rings. The standard InChI is InChI=1S/C27H29N5O6S2/c1-37-12-11-29-26(33)19-7-4-8-21(15-19)40(35,36)32-23(14-17-5-3-6-18(13-17)25(28)31-34)27-30-22-10-9-20(38-2)16-24(22)39-27/h3-10,13,15-16,23,32,34H,11-12,14H2,1-2H3,(H2,28,31)(H,29,33). The number of nitrogens with two attached hydrogens (primary N) is 1. The second-order valence-electron chi connectivity index (χ2n) is 8.73. The fraction of sp³-hybridized carbons (Fsp3) is 0.222. The van der Waals surface area contributed by atoms with Gasteiger partial charge in [-0.15, -0.1) is 11.3 Å². The summed E-state index contributed by atoms with van der Waals surface area (Å²) in [5.74, 6) is 0.185. The normalized spacial score (nSPS) is 12.8. The minimum Gasteiger partial charge on any atom is -0.497 e. The van der Waals surface area contributed by atoms with Gasteiger partial charge in [0.15, 0.2) is 5.84 Å². The van der Waals surface area contributed by atoms with Crippen LogP contribution >= 0.6 is 11.3 Å². The summed E-state index contributed by atoms with van der Waals surface area (Å²) in [7, 11) is -0.999. The molecule has 0 spiro atoms. The number of carbonyl (C=O) groups excluding carboxylic acids is 1. The van der Waals surface area contributed by atoms with Crippen LogP contribution in [0.1, 0.15) is 32.5 Å². The third-order valence-electron chi connectivity index (χ3n) is 5.98. The lowest BCUT2D eigenvalue weighted by Gasteiger charge is -2.18. The van der Waals surface area contributed by atoms with E-state index in [1.807, 2.05) is 18.2 Å². The van der Waals surface area contributed by atoms with Crippen LogP contribution in [0.2, 0.25) is 0 Å². The number of hydrogen-bond acceptors (Lipinski definition) is 9. The number of nitrogens with zero attached hydrogens (tertiary/aromatic N) is 2. The van der Waals surface area contributed by atoms with Gasteiger partial charge in [-0.1, -0.05) is 29.4 Å². The average Bonchev–Trinajstić information content (AvgIpc) is 3.40. The first-order chi connectivity index (χ1) is 19.2. The highest BCUT2D eigenvalue weighted by molar-refractivity contribution is 7.89. The second-order valence-corrected chi connectivity index (χ2v) is 11.5. The predicted molar refractivity (Wildman–Crippen MR) is 153 cm³/mol. The topological polar surface area (TPSA) is 165 Å². The third kappa shape index (κ3) is 6.93. The van der Waals surface area contributed by atoms with Gasteiger partial charge in [0, 0.05) is 24.8 Å². The van der Waals surface area contributed by atoms with Gasteiger partial charge in [0.05, 0.1) is 34.9 Å². The average molecular weight is 584 g/mol. The summed E-state index contributed by atoms with van der Waals surface area (Å²) in [4.78, 5) is 17.1. The maximum atomic E-state index is 13.6. The Kier molecular flexibility index (Phi) is 9.32. The molecule has 0 bridgehead atoms. The van der Waals surface area contributed by atoms with E-state index in [9.17, 15) is 13.2 Å². The minimum absolute atomic E-state index is 0.0633. The van der Waals surface area contributed by atoms with Crippen LogP contribution in [-0.2, 0) is 21.2 Å². The van der Waals surface area contributed by atoms with Gasteiger partial charge in [-0.25, -0.2) is 18.1 Å². The summed E-state index contributed by atoms with van der Waals surface area (Å²) in [6.07, 6.45) is 0.222. The lowest BCUT2D eigenvalue weighted by Crippen LogP contribution is -2.31. The third-order valence-corrected chi connectivity index (χ3v) is 8.58. The van der Waals surface area contributed by atoms with Crippen molar-refractivity contribution in [2.45, 2.75) is 17.4 Å². The van der Waals surface area contributed by atoms with Crippen LogP contribution in [0.5, 0.6) is 5.75 Å². The number of rotatable bonds is 12. The number of methoxy groups -OCH3 is 2. The number of sulfonamides is 1. The first-order valence-corrected chi connectivity index (χ1v) is 14.4. The Morgan fingerprint density at radius 1 is 1.10 bits per heavy atom. The van der Waals surface area contributed by atoms with Gasteiger partial charge in [-0.05, 0) is 54.4 Å². The Morgan fingerprint density at radius 3 is 2.62 bits per heavy atom. The molecule has 1 unspecified atom stereocenters. The van der Waals surface area contributed by atoms with Crippen LogP contribution in [0.4, 0.5) is 0 Å².